The zero-order chi connectivity index (χ0) is 22.1. The summed E-state index contributed by atoms with van der Waals surface area (Å²) in [5, 5.41) is 12.9. The standard InChI is InChI=1S/C22H25N5O3S2/c23-19(29)18-14-8-4-10-16(14)32-21(18)24-17(28)12-31-22-26-25-20(15-9-5-11-30-15)27(22)13-6-2-1-3-7-13/h5,9,11,13H,1-4,6-8,10,12H2,(H2,23,29)(H,24,28). The van der Waals surface area contributed by atoms with E-state index >= 15 is 0 Å². The van der Waals surface area contributed by atoms with Crippen LogP contribution >= 0.6 is 23.1 Å². The van der Waals surface area contributed by atoms with E-state index in [1.54, 1.807) is 6.26 Å². The molecule has 2 aliphatic carbocycles. The first kappa shape index (κ1) is 21.3. The second-order valence-electron chi connectivity index (χ2n) is 8.21. The highest BCUT2D eigenvalue weighted by atomic mass is 32.2. The lowest BCUT2D eigenvalue weighted by Gasteiger charge is -2.25. The average Bonchev–Trinajstić information content (AvgIpc) is 3.55. The number of fused-ring (bicyclic) bond motifs is 1. The van der Waals surface area contributed by atoms with Gasteiger partial charge in [0.1, 0.15) is 5.00 Å². The maximum Gasteiger partial charge on any atom is 0.251 e. The first-order valence-corrected chi connectivity index (χ1v) is 12.8. The van der Waals surface area contributed by atoms with E-state index in [-0.39, 0.29) is 11.7 Å². The molecule has 0 spiro atoms. The van der Waals surface area contributed by atoms with Crippen molar-refractivity contribution in [3.8, 4) is 11.6 Å². The van der Waals surface area contributed by atoms with E-state index in [2.05, 4.69) is 20.1 Å². The van der Waals surface area contributed by atoms with E-state index in [1.165, 1.54) is 42.4 Å². The number of thiophene rings is 1. The van der Waals surface area contributed by atoms with Gasteiger partial charge in [-0.1, -0.05) is 31.0 Å². The SMILES string of the molecule is NC(=O)c1c(NC(=O)CSc2nnc(-c3ccco3)n2C2CCCCC2)sc2c1CCC2. The molecule has 0 radical (unpaired) electrons. The van der Waals surface area contributed by atoms with Crippen molar-refractivity contribution in [1.82, 2.24) is 14.8 Å². The zero-order valence-corrected chi connectivity index (χ0v) is 19.3. The molecule has 8 nitrogen and oxygen atoms in total. The number of nitrogens with zero attached hydrogens (tertiary/aromatic N) is 3. The van der Waals surface area contributed by atoms with Crippen LogP contribution in [0.5, 0.6) is 0 Å². The molecule has 3 aromatic rings. The Morgan fingerprint density at radius 3 is 2.81 bits per heavy atom. The molecule has 1 fully saturated rings. The molecule has 5 rings (SSSR count). The number of nitrogens with two attached hydrogens (primary N) is 1. The molecule has 1 saturated carbocycles. The number of aromatic nitrogens is 3. The van der Waals surface area contributed by atoms with Crippen LogP contribution in [0.2, 0.25) is 0 Å². The summed E-state index contributed by atoms with van der Waals surface area (Å²) in [4.78, 5) is 25.9. The molecule has 0 unspecified atom stereocenters. The fourth-order valence-corrected chi connectivity index (χ4v) is 6.78. The van der Waals surface area contributed by atoms with Gasteiger partial charge < -0.3 is 15.5 Å². The minimum Gasteiger partial charge on any atom is -0.461 e. The van der Waals surface area contributed by atoms with Crippen LogP contribution in [0.25, 0.3) is 11.6 Å². The third-order valence-corrected chi connectivity index (χ3v) is 8.25. The van der Waals surface area contributed by atoms with Crippen LogP contribution < -0.4 is 11.1 Å². The van der Waals surface area contributed by atoms with Crippen LogP contribution in [0.1, 0.15) is 65.4 Å². The molecule has 2 aliphatic rings. The summed E-state index contributed by atoms with van der Waals surface area (Å²) in [7, 11) is 0. The Balaban J connectivity index is 1.33. The third kappa shape index (κ3) is 4.09. The third-order valence-electron chi connectivity index (χ3n) is 6.10. The number of hydrogen-bond donors (Lipinski definition) is 2. The van der Waals surface area contributed by atoms with E-state index < -0.39 is 5.91 Å². The normalized spacial score (nSPS) is 16.2. The van der Waals surface area contributed by atoms with E-state index in [0.717, 1.165) is 42.5 Å². The van der Waals surface area contributed by atoms with Gasteiger partial charge in [0.15, 0.2) is 10.9 Å². The molecule has 3 N–H and O–H groups in total. The summed E-state index contributed by atoms with van der Waals surface area (Å²) in [5.74, 6) is 0.890. The van der Waals surface area contributed by atoms with Gasteiger partial charge in [0.25, 0.3) is 5.91 Å². The van der Waals surface area contributed by atoms with Gasteiger partial charge in [-0.3, -0.25) is 14.2 Å². The molecule has 2 amide bonds. The fraction of sp³-hybridized carbons (Fsp3) is 0.455. The largest absolute Gasteiger partial charge is 0.461 e. The maximum absolute atomic E-state index is 12.8. The number of rotatable bonds is 7. The Morgan fingerprint density at radius 1 is 1.22 bits per heavy atom. The van der Waals surface area contributed by atoms with Crippen molar-refractivity contribution >= 4 is 39.9 Å². The van der Waals surface area contributed by atoms with Gasteiger partial charge in [-0.05, 0) is 49.8 Å². The number of primary amides is 1. The number of thioether (sulfide) groups is 1. The number of anilines is 1. The molecule has 0 bridgehead atoms. The van der Waals surface area contributed by atoms with Crippen LogP contribution in [0.3, 0.4) is 0 Å². The van der Waals surface area contributed by atoms with Crippen LogP contribution in [-0.4, -0.2) is 32.3 Å². The lowest BCUT2D eigenvalue weighted by Crippen LogP contribution is -2.19. The molecular weight excluding hydrogens is 446 g/mol. The Labute approximate surface area is 194 Å². The number of carbonyl (C=O) groups excluding carboxylic acids is 2. The Morgan fingerprint density at radius 2 is 2.06 bits per heavy atom. The van der Waals surface area contributed by atoms with Crippen LogP contribution in [0.4, 0.5) is 5.00 Å². The molecule has 0 saturated heterocycles. The maximum atomic E-state index is 12.8. The molecule has 0 atom stereocenters. The summed E-state index contributed by atoms with van der Waals surface area (Å²) < 4.78 is 7.71. The van der Waals surface area contributed by atoms with Gasteiger partial charge >= 0.3 is 0 Å². The highest BCUT2D eigenvalue weighted by molar-refractivity contribution is 7.99. The topological polar surface area (TPSA) is 116 Å². The number of nitrogens with one attached hydrogen (secondary N) is 1. The molecule has 0 aliphatic heterocycles. The molecule has 10 heteroatoms. The van der Waals surface area contributed by atoms with Gasteiger partial charge in [-0.15, -0.1) is 21.5 Å². The Bertz CT molecular complexity index is 1130. The molecule has 168 valence electrons. The van der Waals surface area contributed by atoms with E-state index in [4.69, 9.17) is 10.2 Å². The summed E-state index contributed by atoms with van der Waals surface area (Å²) >= 11 is 2.82. The summed E-state index contributed by atoms with van der Waals surface area (Å²) in [6.07, 6.45) is 10.1. The second kappa shape index (κ2) is 9.11. The number of hydrogen-bond acceptors (Lipinski definition) is 7. The highest BCUT2D eigenvalue weighted by Crippen LogP contribution is 2.39. The molecule has 0 aromatic carbocycles. The van der Waals surface area contributed by atoms with Crippen molar-refractivity contribution in [3.05, 3.63) is 34.4 Å². The first-order valence-electron chi connectivity index (χ1n) is 11.0. The van der Waals surface area contributed by atoms with Crippen LogP contribution in [0.15, 0.2) is 28.0 Å². The summed E-state index contributed by atoms with van der Waals surface area (Å²) in [5.41, 5.74) is 7.09. The number of aryl methyl sites for hydroxylation is 1. The number of amides is 2. The lowest BCUT2D eigenvalue weighted by atomic mass is 9.95. The minimum atomic E-state index is -0.479. The Hall–Kier alpha value is -2.59. The predicted molar refractivity (Wildman–Crippen MR) is 124 cm³/mol. The average molecular weight is 472 g/mol. The van der Waals surface area contributed by atoms with E-state index in [0.29, 0.717) is 33.3 Å². The smallest absolute Gasteiger partial charge is 0.251 e. The Kier molecular flexibility index (Phi) is 6.05. The van der Waals surface area contributed by atoms with Crippen molar-refractivity contribution in [2.45, 2.75) is 62.6 Å². The number of carbonyl (C=O) groups is 2. The van der Waals surface area contributed by atoms with Gasteiger partial charge in [0.2, 0.25) is 11.7 Å². The van der Waals surface area contributed by atoms with Gasteiger partial charge in [-0.25, -0.2) is 0 Å². The van der Waals surface area contributed by atoms with Crippen molar-refractivity contribution in [2.75, 3.05) is 11.1 Å². The quantitative estimate of drug-likeness (QED) is 0.493. The van der Waals surface area contributed by atoms with Gasteiger partial charge in [0, 0.05) is 10.9 Å². The van der Waals surface area contributed by atoms with Gasteiger partial charge in [-0.2, -0.15) is 0 Å². The van der Waals surface area contributed by atoms with Crippen molar-refractivity contribution in [2.24, 2.45) is 5.73 Å². The van der Waals surface area contributed by atoms with Crippen LogP contribution in [0, 0.1) is 0 Å². The molecule has 32 heavy (non-hydrogen) atoms. The highest BCUT2D eigenvalue weighted by Gasteiger charge is 2.28. The molecular formula is C22H25N5O3S2. The van der Waals surface area contributed by atoms with Crippen molar-refractivity contribution < 1.29 is 14.0 Å². The zero-order valence-electron chi connectivity index (χ0n) is 17.6. The molecule has 3 aromatic heterocycles. The van der Waals surface area contributed by atoms with Gasteiger partial charge in [0.05, 0.1) is 17.6 Å². The predicted octanol–water partition coefficient (Wildman–Crippen LogP) is 4.42. The minimum absolute atomic E-state index is 0.170. The van der Waals surface area contributed by atoms with Crippen molar-refractivity contribution in [3.63, 3.8) is 0 Å². The molecule has 3 heterocycles. The number of furan rings is 1. The first-order chi connectivity index (χ1) is 15.6. The second-order valence-corrected chi connectivity index (χ2v) is 10.3. The van der Waals surface area contributed by atoms with Crippen LogP contribution in [-0.2, 0) is 17.6 Å². The van der Waals surface area contributed by atoms with E-state index in [9.17, 15) is 9.59 Å². The van der Waals surface area contributed by atoms with E-state index in [1.807, 2.05) is 12.1 Å². The monoisotopic (exact) mass is 471 g/mol. The summed E-state index contributed by atoms with van der Waals surface area (Å²) in [6.45, 7) is 0. The summed E-state index contributed by atoms with van der Waals surface area (Å²) in [6, 6.07) is 4.02. The lowest BCUT2D eigenvalue weighted by molar-refractivity contribution is -0.113. The van der Waals surface area contributed by atoms with Crippen molar-refractivity contribution in [1.29, 1.82) is 0 Å². The fourth-order valence-electron chi connectivity index (χ4n) is 4.66.